The highest BCUT2D eigenvalue weighted by Gasteiger charge is 2.47. The van der Waals surface area contributed by atoms with Gasteiger partial charge in [0.25, 0.3) is 0 Å². The molecule has 2 bridgehead atoms. The molecular weight excluding hydrogens is 528 g/mol. The summed E-state index contributed by atoms with van der Waals surface area (Å²) in [4.78, 5) is 50.4. The van der Waals surface area contributed by atoms with Crippen LogP contribution in [0.15, 0.2) is 18.2 Å². The molecule has 11 nitrogen and oxygen atoms in total. The summed E-state index contributed by atoms with van der Waals surface area (Å²) in [6.07, 6.45) is 1.89. The van der Waals surface area contributed by atoms with Gasteiger partial charge in [0.15, 0.2) is 5.69 Å². The molecule has 0 radical (unpaired) electrons. The van der Waals surface area contributed by atoms with Crippen LogP contribution in [-0.2, 0) is 19.1 Å². The zero-order valence-corrected chi connectivity index (χ0v) is 24.1. The molecule has 11 heteroatoms. The first kappa shape index (κ1) is 28.5. The van der Waals surface area contributed by atoms with Gasteiger partial charge in [-0.15, -0.1) is 0 Å². The number of carbonyl (C=O) groups excluding carboxylic acids is 3. The Kier molecular flexibility index (Phi) is 7.93. The van der Waals surface area contributed by atoms with E-state index < -0.39 is 41.6 Å². The summed E-state index contributed by atoms with van der Waals surface area (Å²) in [7, 11) is 2.85. The number of aromatic nitrogens is 2. The Labute approximate surface area is 239 Å². The van der Waals surface area contributed by atoms with Crippen molar-refractivity contribution < 1.29 is 33.3 Å². The number of hydrogen-bond donors (Lipinski definition) is 1. The van der Waals surface area contributed by atoms with E-state index in [2.05, 4.69) is 17.2 Å². The van der Waals surface area contributed by atoms with Crippen molar-refractivity contribution in [2.45, 2.75) is 77.2 Å². The van der Waals surface area contributed by atoms with Gasteiger partial charge in [-0.2, -0.15) is 0 Å². The zero-order valence-electron chi connectivity index (χ0n) is 24.1. The Bertz CT molecular complexity index is 1410. The lowest BCUT2D eigenvalue weighted by molar-refractivity contribution is -0.152. The van der Waals surface area contributed by atoms with E-state index in [1.807, 2.05) is 26.8 Å². The lowest BCUT2D eigenvalue weighted by atomic mass is 9.85. The zero-order chi connectivity index (χ0) is 29.3. The number of methoxy groups -OCH3 is 2. The van der Waals surface area contributed by atoms with Crippen LogP contribution in [0.5, 0.6) is 11.6 Å². The van der Waals surface area contributed by atoms with Crippen molar-refractivity contribution in [3.05, 3.63) is 23.9 Å². The SMILES string of the molecule is COC(=O)[C@@H]1CC2CN1C(=O)[C@H](C(C)(C)C)NC(=O)O[C@@H]1C[C@H]1CCCC#Cc1nc3ccc(OC)cc3nc1O2. The molecule has 5 rings (SSSR count). The van der Waals surface area contributed by atoms with Gasteiger partial charge >= 0.3 is 12.1 Å². The number of alkyl carbamates (subject to hydrolysis) is 1. The van der Waals surface area contributed by atoms with E-state index in [0.29, 0.717) is 28.9 Å². The third-order valence-corrected chi connectivity index (χ3v) is 7.71. The minimum atomic E-state index is -0.939. The Hall–Kier alpha value is -4.07. The smallest absolute Gasteiger partial charge is 0.408 e. The number of benzene rings is 1. The maximum atomic E-state index is 13.9. The third-order valence-electron chi connectivity index (χ3n) is 7.71. The van der Waals surface area contributed by atoms with E-state index in [-0.39, 0.29) is 30.9 Å². The van der Waals surface area contributed by atoms with Crippen LogP contribution in [0.2, 0.25) is 0 Å². The molecule has 2 aromatic rings. The van der Waals surface area contributed by atoms with Crippen molar-refractivity contribution in [2.24, 2.45) is 11.3 Å². The van der Waals surface area contributed by atoms with Crippen LogP contribution in [0.25, 0.3) is 11.0 Å². The Morgan fingerprint density at radius 1 is 1.12 bits per heavy atom. The lowest BCUT2D eigenvalue weighted by Crippen LogP contribution is -2.57. The first-order chi connectivity index (χ1) is 19.6. The molecule has 1 aromatic heterocycles. The van der Waals surface area contributed by atoms with Crippen molar-refractivity contribution in [1.82, 2.24) is 20.2 Å². The molecule has 5 atom stereocenters. The number of carbonyl (C=O) groups is 3. The van der Waals surface area contributed by atoms with E-state index in [1.165, 1.54) is 12.0 Å². The lowest BCUT2D eigenvalue weighted by Gasteiger charge is -2.34. The predicted molar refractivity (Wildman–Crippen MR) is 148 cm³/mol. The van der Waals surface area contributed by atoms with E-state index in [9.17, 15) is 14.4 Å². The van der Waals surface area contributed by atoms with E-state index in [4.69, 9.17) is 28.9 Å². The molecule has 1 saturated heterocycles. The number of nitrogens with zero attached hydrogens (tertiary/aromatic N) is 3. The molecule has 3 heterocycles. The first-order valence-corrected chi connectivity index (χ1v) is 13.9. The maximum Gasteiger partial charge on any atom is 0.408 e. The fourth-order valence-electron chi connectivity index (χ4n) is 5.32. The highest BCUT2D eigenvalue weighted by molar-refractivity contribution is 5.91. The van der Waals surface area contributed by atoms with Crippen LogP contribution in [0.3, 0.4) is 0 Å². The number of amides is 2. The van der Waals surface area contributed by atoms with Gasteiger partial charge < -0.3 is 29.2 Å². The monoisotopic (exact) mass is 564 g/mol. The second-order valence-electron chi connectivity index (χ2n) is 11.8. The number of rotatable bonds is 2. The fourth-order valence-corrected chi connectivity index (χ4v) is 5.32. The molecule has 41 heavy (non-hydrogen) atoms. The molecule has 1 aliphatic carbocycles. The third kappa shape index (κ3) is 6.32. The van der Waals surface area contributed by atoms with Crippen molar-refractivity contribution >= 4 is 29.0 Å². The molecule has 2 fully saturated rings. The first-order valence-electron chi connectivity index (χ1n) is 13.9. The van der Waals surface area contributed by atoms with Crippen molar-refractivity contribution in [3.63, 3.8) is 0 Å². The topological polar surface area (TPSA) is 129 Å². The standard InChI is InChI=1S/C30H36N4O7/c1-30(2,3)25-27(35)34-16-19(15-23(34)28(36)39-5)40-26-21(31-20-12-11-18(38-4)14-22(20)32-26)10-8-6-7-9-17-13-24(17)41-29(37)33-25/h11-12,14,17,19,23-25H,6-7,9,13,15-16H2,1-5H3,(H,33,37)/t17-,19?,23+,24-,25-/m1/s1. The molecule has 1 aromatic carbocycles. The van der Waals surface area contributed by atoms with Crippen LogP contribution >= 0.6 is 0 Å². The summed E-state index contributed by atoms with van der Waals surface area (Å²) in [5.41, 5.74) is 0.931. The van der Waals surface area contributed by atoms with Crippen LogP contribution in [0.4, 0.5) is 4.79 Å². The summed E-state index contributed by atoms with van der Waals surface area (Å²) < 4.78 is 22.3. The average molecular weight is 565 g/mol. The van der Waals surface area contributed by atoms with Crippen LogP contribution in [0, 0.1) is 23.2 Å². The predicted octanol–water partition coefficient (Wildman–Crippen LogP) is 3.22. The van der Waals surface area contributed by atoms with Crippen LogP contribution in [-0.4, -0.2) is 77.9 Å². The summed E-state index contributed by atoms with van der Waals surface area (Å²) in [6, 6.07) is 3.53. The summed E-state index contributed by atoms with van der Waals surface area (Å²) in [6.45, 7) is 5.63. The second kappa shape index (κ2) is 11.4. The van der Waals surface area contributed by atoms with Gasteiger partial charge in [0.1, 0.15) is 30.0 Å². The molecule has 1 unspecified atom stereocenters. The average Bonchev–Trinajstić information content (AvgIpc) is 3.53. The molecule has 3 aliphatic rings. The minimum absolute atomic E-state index is 0.0807. The van der Waals surface area contributed by atoms with Gasteiger partial charge in [0, 0.05) is 18.9 Å². The number of esters is 1. The van der Waals surface area contributed by atoms with Gasteiger partial charge in [0.2, 0.25) is 11.8 Å². The fraction of sp³-hybridized carbons (Fsp3) is 0.567. The molecule has 2 amide bonds. The number of hydrogen-bond acceptors (Lipinski definition) is 9. The van der Waals surface area contributed by atoms with Gasteiger partial charge in [-0.05, 0) is 48.6 Å². The van der Waals surface area contributed by atoms with Crippen molar-refractivity contribution in [1.29, 1.82) is 0 Å². The normalized spacial score (nSPS) is 26.6. The van der Waals surface area contributed by atoms with Crippen LogP contribution in [0.1, 0.15) is 58.6 Å². The molecule has 1 N–H and O–H groups in total. The van der Waals surface area contributed by atoms with E-state index >= 15 is 0 Å². The van der Waals surface area contributed by atoms with E-state index in [1.54, 1.807) is 19.2 Å². The minimum Gasteiger partial charge on any atom is -0.497 e. The van der Waals surface area contributed by atoms with Crippen LogP contribution < -0.4 is 14.8 Å². The molecule has 0 spiro atoms. The van der Waals surface area contributed by atoms with Crippen molar-refractivity contribution in [2.75, 3.05) is 20.8 Å². The largest absolute Gasteiger partial charge is 0.497 e. The summed E-state index contributed by atoms with van der Waals surface area (Å²) in [5, 5.41) is 2.77. The van der Waals surface area contributed by atoms with Gasteiger partial charge in [-0.1, -0.05) is 26.7 Å². The van der Waals surface area contributed by atoms with Gasteiger partial charge in [-0.25, -0.2) is 19.6 Å². The number of fused-ring (bicyclic) bond motifs is 5. The highest BCUT2D eigenvalue weighted by Crippen LogP contribution is 2.38. The Balaban J connectivity index is 1.52. The molecular formula is C30H36N4O7. The van der Waals surface area contributed by atoms with Gasteiger partial charge in [0.05, 0.1) is 31.8 Å². The number of ether oxygens (including phenoxy) is 4. The van der Waals surface area contributed by atoms with E-state index in [0.717, 1.165) is 19.3 Å². The molecule has 2 aliphatic heterocycles. The van der Waals surface area contributed by atoms with Crippen molar-refractivity contribution in [3.8, 4) is 23.5 Å². The summed E-state index contributed by atoms with van der Waals surface area (Å²) >= 11 is 0. The maximum absolute atomic E-state index is 13.9. The molecule has 218 valence electrons. The quantitative estimate of drug-likeness (QED) is 0.432. The number of nitrogens with one attached hydrogen (secondary N) is 1. The van der Waals surface area contributed by atoms with Gasteiger partial charge in [-0.3, -0.25) is 4.79 Å². The Morgan fingerprint density at radius 3 is 2.66 bits per heavy atom. The summed E-state index contributed by atoms with van der Waals surface area (Å²) in [5.74, 6) is 6.41. The molecule has 1 saturated carbocycles. The Morgan fingerprint density at radius 2 is 1.93 bits per heavy atom. The second-order valence-corrected chi connectivity index (χ2v) is 11.8. The highest BCUT2D eigenvalue weighted by atomic mass is 16.6.